The zero-order valence-corrected chi connectivity index (χ0v) is 10.7. The van der Waals surface area contributed by atoms with Gasteiger partial charge in [0, 0.05) is 17.4 Å². The van der Waals surface area contributed by atoms with E-state index >= 15 is 0 Å². The van der Waals surface area contributed by atoms with Crippen molar-refractivity contribution in [3.63, 3.8) is 0 Å². The highest BCUT2D eigenvalue weighted by Crippen LogP contribution is 2.39. The van der Waals surface area contributed by atoms with E-state index in [1.807, 2.05) is 6.92 Å². The van der Waals surface area contributed by atoms with Crippen molar-refractivity contribution in [1.82, 2.24) is 5.32 Å². The first-order chi connectivity index (χ1) is 8.61. The number of carbonyl (C=O) groups is 1. The van der Waals surface area contributed by atoms with Crippen LogP contribution in [-0.4, -0.2) is 34.6 Å². The maximum atomic E-state index is 10.9. The third-order valence-corrected chi connectivity index (χ3v) is 3.91. The van der Waals surface area contributed by atoms with Gasteiger partial charge in [-0.15, -0.1) is 11.8 Å². The quantitative estimate of drug-likeness (QED) is 0.770. The molecule has 0 aliphatic carbocycles. The number of hydrogen-bond acceptors (Lipinski definition) is 5. The second kappa shape index (κ2) is 5.49. The Morgan fingerprint density at radius 2 is 2.39 bits per heavy atom. The van der Waals surface area contributed by atoms with Crippen molar-refractivity contribution in [2.75, 3.05) is 12.4 Å². The molecule has 0 saturated carbocycles. The van der Waals surface area contributed by atoms with Gasteiger partial charge in [0.2, 0.25) is 0 Å². The lowest BCUT2D eigenvalue weighted by Gasteiger charge is -2.16. The highest BCUT2D eigenvalue weighted by molar-refractivity contribution is 7.99. The van der Waals surface area contributed by atoms with E-state index in [0.717, 1.165) is 5.56 Å². The molecule has 0 spiro atoms. The number of benzene rings is 1. The molecule has 98 valence electrons. The zero-order valence-electron chi connectivity index (χ0n) is 9.92. The number of thioether (sulfide) groups is 1. The Hall–Kier alpha value is -1.40. The van der Waals surface area contributed by atoms with Gasteiger partial charge in [-0.1, -0.05) is 0 Å². The second-order valence-corrected chi connectivity index (χ2v) is 5.06. The first kappa shape index (κ1) is 13.0. The van der Waals surface area contributed by atoms with E-state index in [1.165, 1.54) is 11.8 Å². The summed E-state index contributed by atoms with van der Waals surface area (Å²) in [6, 6.07) is 4.35. The molecule has 1 heterocycles. The van der Waals surface area contributed by atoms with Crippen LogP contribution in [0.15, 0.2) is 18.2 Å². The molecular formula is C12H15NO4S. The van der Waals surface area contributed by atoms with Gasteiger partial charge in [0.1, 0.15) is 17.5 Å². The summed E-state index contributed by atoms with van der Waals surface area (Å²) in [6.07, 6.45) is 0. The molecule has 3 N–H and O–H groups in total. The number of hydrogen-bond donors (Lipinski definition) is 3. The first-order valence-corrected chi connectivity index (χ1v) is 6.73. The number of rotatable bonds is 4. The third kappa shape index (κ3) is 2.70. The number of phenolic OH excluding ortho intramolecular Hbond substituents is 1. The maximum absolute atomic E-state index is 10.9. The second-order valence-electron chi connectivity index (χ2n) is 3.93. The minimum Gasteiger partial charge on any atom is -0.508 e. The fraction of sp³-hybridized carbons (Fsp3) is 0.417. The lowest BCUT2D eigenvalue weighted by molar-refractivity contribution is -0.138. The average molecular weight is 269 g/mol. The molecule has 0 radical (unpaired) electrons. The lowest BCUT2D eigenvalue weighted by Crippen LogP contribution is -2.33. The van der Waals surface area contributed by atoms with E-state index in [0.29, 0.717) is 18.1 Å². The monoisotopic (exact) mass is 269 g/mol. The van der Waals surface area contributed by atoms with Crippen molar-refractivity contribution in [3.05, 3.63) is 23.8 Å². The predicted molar refractivity (Wildman–Crippen MR) is 69.0 cm³/mol. The summed E-state index contributed by atoms with van der Waals surface area (Å²) in [5.41, 5.74) is 0.864. The molecule has 0 aromatic heterocycles. The van der Waals surface area contributed by atoms with Crippen molar-refractivity contribution in [2.45, 2.75) is 18.3 Å². The van der Waals surface area contributed by atoms with Crippen molar-refractivity contribution in [2.24, 2.45) is 0 Å². The van der Waals surface area contributed by atoms with Crippen molar-refractivity contribution >= 4 is 17.7 Å². The number of aromatic hydroxyl groups is 1. The van der Waals surface area contributed by atoms with E-state index < -0.39 is 12.0 Å². The Morgan fingerprint density at radius 3 is 3.00 bits per heavy atom. The molecule has 1 aromatic rings. The van der Waals surface area contributed by atoms with Crippen molar-refractivity contribution in [3.8, 4) is 11.5 Å². The van der Waals surface area contributed by atoms with Gasteiger partial charge in [0.05, 0.1) is 12.0 Å². The predicted octanol–water partition coefficient (Wildman–Crippen LogP) is 1.58. The highest BCUT2D eigenvalue weighted by atomic mass is 32.2. The molecule has 2 rings (SSSR count). The Balaban J connectivity index is 2.20. The fourth-order valence-corrected chi connectivity index (χ4v) is 3.07. The molecule has 1 aliphatic heterocycles. The summed E-state index contributed by atoms with van der Waals surface area (Å²) in [7, 11) is 0. The largest absolute Gasteiger partial charge is 0.508 e. The molecule has 1 aliphatic rings. The Kier molecular flexibility index (Phi) is 3.98. The minimum absolute atomic E-state index is 0.117. The minimum atomic E-state index is -0.846. The SMILES string of the molecule is CCOc1cc(O)ccc1[C@H]1N[C@@H](C(=O)O)CS1. The van der Waals surface area contributed by atoms with Crippen LogP contribution in [0.25, 0.3) is 0 Å². The maximum Gasteiger partial charge on any atom is 0.321 e. The lowest BCUT2D eigenvalue weighted by atomic mass is 10.1. The molecule has 18 heavy (non-hydrogen) atoms. The Morgan fingerprint density at radius 1 is 1.61 bits per heavy atom. The van der Waals surface area contributed by atoms with E-state index in [-0.39, 0.29) is 11.1 Å². The Bertz CT molecular complexity index is 452. The molecule has 6 heteroatoms. The number of carboxylic acids is 1. The molecule has 0 amide bonds. The molecule has 1 saturated heterocycles. The van der Waals surface area contributed by atoms with Crippen LogP contribution in [0.5, 0.6) is 11.5 Å². The third-order valence-electron chi connectivity index (χ3n) is 2.66. The van der Waals surface area contributed by atoms with Crippen LogP contribution in [-0.2, 0) is 4.79 Å². The van der Waals surface area contributed by atoms with E-state index in [2.05, 4.69) is 5.32 Å². The topological polar surface area (TPSA) is 78.8 Å². The molecule has 1 aromatic carbocycles. The molecule has 5 nitrogen and oxygen atoms in total. The molecule has 2 atom stereocenters. The normalized spacial score (nSPS) is 22.9. The smallest absolute Gasteiger partial charge is 0.321 e. The zero-order chi connectivity index (χ0) is 13.1. The van der Waals surface area contributed by atoms with Gasteiger partial charge in [0.25, 0.3) is 0 Å². The summed E-state index contributed by atoms with van der Waals surface area (Å²) in [5, 5.41) is 21.3. The highest BCUT2D eigenvalue weighted by Gasteiger charge is 2.31. The summed E-state index contributed by atoms with van der Waals surface area (Å²) in [5.74, 6) is 0.405. The van der Waals surface area contributed by atoms with Crippen LogP contribution in [0.1, 0.15) is 17.9 Å². The summed E-state index contributed by atoms with van der Waals surface area (Å²) >= 11 is 1.52. The number of nitrogens with one attached hydrogen (secondary N) is 1. The van der Waals surface area contributed by atoms with Gasteiger partial charge in [-0.05, 0) is 19.1 Å². The first-order valence-electron chi connectivity index (χ1n) is 5.68. The van der Waals surface area contributed by atoms with E-state index in [4.69, 9.17) is 9.84 Å². The fourth-order valence-electron chi connectivity index (χ4n) is 1.81. The summed E-state index contributed by atoms with van der Waals surface area (Å²) in [6.45, 7) is 2.36. The van der Waals surface area contributed by atoms with Crippen LogP contribution in [0.2, 0.25) is 0 Å². The molecule has 1 fully saturated rings. The number of carboxylic acid groups (broad SMARTS) is 1. The summed E-state index contributed by atoms with van der Waals surface area (Å²) in [4.78, 5) is 10.9. The molecule has 0 bridgehead atoms. The van der Waals surface area contributed by atoms with Crippen LogP contribution in [0.3, 0.4) is 0 Å². The molecule has 0 unspecified atom stereocenters. The van der Waals surface area contributed by atoms with Gasteiger partial charge in [-0.3, -0.25) is 10.1 Å². The standard InChI is InChI=1S/C12H15NO4S/c1-2-17-10-5-7(14)3-4-8(10)11-13-9(6-18-11)12(15)16/h3-5,9,11,13-14H,2,6H2,1H3,(H,15,16)/t9-,11+/m1/s1. The average Bonchev–Trinajstić information content (AvgIpc) is 2.79. The number of aliphatic carboxylic acids is 1. The van der Waals surface area contributed by atoms with Crippen LogP contribution in [0.4, 0.5) is 0 Å². The van der Waals surface area contributed by atoms with Gasteiger partial charge in [0.15, 0.2) is 0 Å². The van der Waals surface area contributed by atoms with Gasteiger partial charge < -0.3 is 14.9 Å². The number of phenols is 1. The van der Waals surface area contributed by atoms with Gasteiger partial charge in [-0.25, -0.2) is 0 Å². The molecular weight excluding hydrogens is 254 g/mol. The van der Waals surface area contributed by atoms with Gasteiger partial charge in [-0.2, -0.15) is 0 Å². The summed E-state index contributed by atoms with van der Waals surface area (Å²) < 4.78 is 5.47. The van der Waals surface area contributed by atoms with Crippen molar-refractivity contribution < 1.29 is 19.7 Å². The van der Waals surface area contributed by atoms with Crippen LogP contribution in [0, 0.1) is 0 Å². The number of ether oxygens (including phenoxy) is 1. The van der Waals surface area contributed by atoms with E-state index in [9.17, 15) is 9.90 Å². The Labute approximate surface area is 109 Å². The van der Waals surface area contributed by atoms with Crippen LogP contribution >= 0.6 is 11.8 Å². The van der Waals surface area contributed by atoms with Gasteiger partial charge >= 0.3 is 5.97 Å². The van der Waals surface area contributed by atoms with E-state index in [1.54, 1.807) is 18.2 Å². The van der Waals surface area contributed by atoms with Crippen molar-refractivity contribution in [1.29, 1.82) is 0 Å². The van der Waals surface area contributed by atoms with Crippen LogP contribution < -0.4 is 10.1 Å².